The van der Waals surface area contributed by atoms with Gasteiger partial charge in [0.05, 0.1) is 4.90 Å². The van der Waals surface area contributed by atoms with Gasteiger partial charge in [-0.05, 0) is 30.7 Å². The van der Waals surface area contributed by atoms with Crippen molar-refractivity contribution in [1.82, 2.24) is 9.29 Å². The minimum Gasteiger partial charge on any atom is -0.298 e. The van der Waals surface area contributed by atoms with Gasteiger partial charge in [-0.2, -0.15) is 0 Å². The number of carbonyl (C=O) groups excluding carboxylic acids is 1. The normalized spacial score (nSPS) is 11.6. The second kappa shape index (κ2) is 8.22. The molecule has 0 fully saturated rings. The van der Waals surface area contributed by atoms with Crippen molar-refractivity contribution in [1.29, 1.82) is 0 Å². The first-order valence-corrected chi connectivity index (χ1v) is 10.9. The third kappa shape index (κ3) is 4.64. The van der Waals surface area contributed by atoms with Crippen LogP contribution in [0.1, 0.15) is 26.4 Å². The predicted molar refractivity (Wildman–Crippen MR) is 111 cm³/mol. The SMILES string of the molecule is Cc1cccc(Cc2cnc(NC(=O)c3cccc(S(=O)(=O)N(C)C)c3)s2)c1. The summed E-state index contributed by atoms with van der Waals surface area (Å²) in [6, 6.07) is 14.2. The lowest BCUT2D eigenvalue weighted by Crippen LogP contribution is -2.22. The quantitative estimate of drug-likeness (QED) is 0.668. The number of carbonyl (C=O) groups is 1. The van der Waals surface area contributed by atoms with E-state index in [9.17, 15) is 13.2 Å². The molecule has 0 saturated carbocycles. The zero-order valence-corrected chi connectivity index (χ0v) is 17.5. The Morgan fingerprint density at radius 1 is 1.14 bits per heavy atom. The summed E-state index contributed by atoms with van der Waals surface area (Å²) in [6.45, 7) is 2.05. The van der Waals surface area contributed by atoms with Crippen molar-refractivity contribution in [3.8, 4) is 0 Å². The Labute approximate surface area is 168 Å². The maximum Gasteiger partial charge on any atom is 0.257 e. The van der Waals surface area contributed by atoms with Crippen molar-refractivity contribution < 1.29 is 13.2 Å². The molecule has 28 heavy (non-hydrogen) atoms. The Morgan fingerprint density at radius 2 is 1.89 bits per heavy atom. The van der Waals surface area contributed by atoms with Gasteiger partial charge in [-0.25, -0.2) is 17.7 Å². The first kappa shape index (κ1) is 20.2. The Kier molecular flexibility index (Phi) is 5.93. The molecular formula is C20H21N3O3S2. The molecular weight excluding hydrogens is 394 g/mol. The molecule has 1 amide bonds. The number of anilines is 1. The molecule has 0 spiro atoms. The molecule has 1 aromatic heterocycles. The van der Waals surface area contributed by atoms with E-state index < -0.39 is 15.9 Å². The van der Waals surface area contributed by atoms with Gasteiger partial charge < -0.3 is 0 Å². The van der Waals surface area contributed by atoms with Crippen LogP contribution in [0.3, 0.4) is 0 Å². The number of amides is 1. The van der Waals surface area contributed by atoms with Gasteiger partial charge in [0.25, 0.3) is 5.91 Å². The smallest absolute Gasteiger partial charge is 0.257 e. The largest absolute Gasteiger partial charge is 0.298 e. The molecule has 0 saturated heterocycles. The number of aryl methyl sites for hydroxylation is 1. The van der Waals surface area contributed by atoms with E-state index in [1.807, 2.05) is 19.1 Å². The average molecular weight is 416 g/mol. The van der Waals surface area contributed by atoms with Crippen LogP contribution in [0.5, 0.6) is 0 Å². The van der Waals surface area contributed by atoms with E-state index >= 15 is 0 Å². The molecule has 6 nitrogen and oxygen atoms in total. The van der Waals surface area contributed by atoms with E-state index in [0.29, 0.717) is 5.13 Å². The summed E-state index contributed by atoms with van der Waals surface area (Å²) < 4.78 is 25.6. The molecule has 3 rings (SSSR count). The number of sulfonamides is 1. The third-order valence-electron chi connectivity index (χ3n) is 4.11. The zero-order valence-electron chi connectivity index (χ0n) is 15.8. The molecule has 146 valence electrons. The highest BCUT2D eigenvalue weighted by molar-refractivity contribution is 7.89. The van der Waals surface area contributed by atoms with Crippen molar-refractivity contribution >= 4 is 32.4 Å². The van der Waals surface area contributed by atoms with Gasteiger partial charge in [0, 0.05) is 37.2 Å². The van der Waals surface area contributed by atoms with E-state index in [0.717, 1.165) is 15.6 Å². The predicted octanol–water partition coefficient (Wildman–Crippen LogP) is 3.54. The second-order valence-corrected chi connectivity index (χ2v) is 9.83. The van der Waals surface area contributed by atoms with Gasteiger partial charge in [0.1, 0.15) is 0 Å². The molecule has 0 unspecified atom stereocenters. The van der Waals surface area contributed by atoms with Crippen LogP contribution in [0.25, 0.3) is 0 Å². The van der Waals surface area contributed by atoms with Crippen molar-refractivity contribution in [2.24, 2.45) is 0 Å². The van der Waals surface area contributed by atoms with Gasteiger partial charge in [0.15, 0.2) is 5.13 Å². The molecule has 0 aliphatic rings. The zero-order chi connectivity index (χ0) is 20.3. The molecule has 3 aromatic rings. The molecule has 1 heterocycles. The second-order valence-electron chi connectivity index (χ2n) is 6.57. The van der Waals surface area contributed by atoms with Crippen molar-refractivity contribution in [3.63, 3.8) is 0 Å². The molecule has 0 radical (unpaired) electrons. The fraction of sp³-hybridized carbons (Fsp3) is 0.200. The fourth-order valence-electron chi connectivity index (χ4n) is 2.65. The van der Waals surface area contributed by atoms with Crippen LogP contribution < -0.4 is 5.32 Å². The Hall–Kier alpha value is -2.55. The Morgan fingerprint density at radius 3 is 2.61 bits per heavy atom. The first-order valence-electron chi connectivity index (χ1n) is 8.60. The summed E-state index contributed by atoms with van der Waals surface area (Å²) >= 11 is 1.40. The summed E-state index contributed by atoms with van der Waals surface area (Å²) in [7, 11) is -0.696. The van der Waals surface area contributed by atoms with E-state index in [2.05, 4.69) is 22.4 Å². The molecule has 0 atom stereocenters. The van der Waals surface area contributed by atoms with Gasteiger partial charge in [0.2, 0.25) is 10.0 Å². The lowest BCUT2D eigenvalue weighted by atomic mass is 10.1. The molecule has 0 bridgehead atoms. The lowest BCUT2D eigenvalue weighted by Gasteiger charge is -2.12. The number of rotatable bonds is 6. The number of nitrogens with one attached hydrogen (secondary N) is 1. The summed E-state index contributed by atoms with van der Waals surface area (Å²) in [6.07, 6.45) is 2.49. The van der Waals surface area contributed by atoms with Crippen LogP contribution in [0, 0.1) is 6.92 Å². The highest BCUT2D eigenvalue weighted by Gasteiger charge is 2.19. The maximum absolute atomic E-state index is 12.5. The average Bonchev–Trinajstić information content (AvgIpc) is 3.08. The number of hydrogen-bond acceptors (Lipinski definition) is 5. The third-order valence-corrected chi connectivity index (χ3v) is 6.83. The number of aromatic nitrogens is 1. The standard InChI is InChI=1S/C20H21N3O3S2/c1-14-6-4-7-15(10-14)11-17-13-21-20(27-17)22-19(24)16-8-5-9-18(12-16)28(25,26)23(2)3/h4-10,12-13H,11H2,1-3H3,(H,21,22,24). The van der Waals surface area contributed by atoms with Crippen LogP contribution in [0.15, 0.2) is 59.6 Å². The lowest BCUT2D eigenvalue weighted by molar-refractivity contribution is 0.102. The van der Waals surface area contributed by atoms with Crippen molar-refractivity contribution in [2.75, 3.05) is 19.4 Å². The van der Waals surface area contributed by atoms with Gasteiger partial charge in [-0.1, -0.05) is 35.9 Å². The van der Waals surface area contributed by atoms with E-state index in [1.54, 1.807) is 18.3 Å². The van der Waals surface area contributed by atoms with Gasteiger partial charge in [-0.15, -0.1) is 11.3 Å². The first-order chi connectivity index (χ1) is 13.3. The minimum atomic E-state index is -3.60. The monoisotopic (exact) mass is 415 g/mol. The van der Waals surface area contributed by atoms with Crippen LogP contribution in [-0.4, -0.2) is 37.7 Å². The number of thiazole rings is 1. The number of hydrogen-bond donors (Lipinski definition) is 1. The summed E-state index contributed by atoms with van der Waals surface area (Å²) in [5, 5.41) is 3.22. The van der Waals surface area contributed by atoms with Gasteiger partial charge >= 0.3 is 0 Å². The van der Waals surface area contributed by atoms with Gasteiger partial charge in [-0.3, -0.25) is 10.1 Å². The highest BCUT2D eigenvalue weighted by atomic mass is 32.2. The number of nitrogens with zero attached hydrogens (tertiary/aromatic N) is 2. The van der Waals surface area contributed by atoms with E-state index in [4.69, 9.17) is 0 Å². The molecule has 1 N–H and O–H groups in total. The minimum absolute atomic E-state index is 0.0735. The number of benzene rings is 2. The van der Waals surface area contributed by atoms with Crippen LogP contribution in [0.4, 0.5) is 5.13 Å². The summed E-state index contributed by atoms with van der Waals surface area (Å²) in [5.74, 6) is -0.396. The van der Waals surface area contributed by atoms with E-state index in [1.165, 1.54) is 48.7 Å². The fourth-order valence-corrected chi connectivity index (χ4v) is 4.44. The summed E-state index contributed by atoms with van der Waals surface area (Å²) in [5.41, 5.74) is 2.64. The Balaban J connectivity index is 1.73. The van der Waals surface area contributed by atoms with Crippen molar-refractivity contribution in [2.45, 2.75) is 18.2 Å². The van der Waals surface area contributed by atoms with Crippen LogP contribution in [0.2, 0.25) is 0 Å². The topological polar surface area (TPSA) is 79.4 Å². The molecule has 8 heteroatoms. The summed E-state index contributed by atoms with van der Waals surface area (Å²) in [4.78, 5) is 17.9. The Bertz CT molecular complexity index is 1110. The van der Waals surface area contributed by atoms with E-state index in [-0.39, 0.29) is 10.5 Å². The van der Waals surface area contributed by atoms with Crippen LogP contribution in [-0.2, 0) is 16.4 Å². The molecule has 2 aromatic carbocycles. The van der Waals surface area contributed by atoms with Crippen molar-refractivity contribution in [3.05, 3.63) is 76.3 Å². The molecule has 0 aliphatic heterocycles. The molecule has 0 aliphatic carbocycles. The maximum atomic E-state index is 12.5. The van der Waals surface area contributed by atoms with Crippen LogP contribution >= 0.6 is 11.3 Å². The highest BCUT2D eigenvalue weighted by Crippen LogP contribution is 2.23.